The van der Waals surface area contributed by atoms with Crippen LogP contribution in [-0.4, -0.2) is 40.4 Å². The maximum Gasteiger partial charge on any atom is 0.373 e. The average molecular weight is 360 g/mol. The zero-order valence-electron chi connectivity index (χ0n) is 13.9. The molecular weight excluding hydrogens is 344 g/mol. The van der Waals surface area contributed by atoms with Crippen LogP contribution >= 0.6 is 11.8 Å². The topological polar surface area (TPSA) is 92.3 Å². The van der Waals surface area contributed by atoms with Crippen LogP contribution in [0.5, 0.6) is 5.75 Å². The Morgan fingerprint density at radius 2 is 1.96 bits per heavy atom. The number of methoxy groups -OCH3 is 2. The number of hydrogen-bond acceptors (Lipinski definition) is 8. The lowest BCUT2D eigenvalue weighted by atomic mass is 10.3. The zero-order chi connectivity index (χ0) is 17.8. The molecule has 0 aliphatic rings. The van der Waals surface area contributed by atoms with Crippen LogP contribution in [0, 0.1) is 0 Å². The summed E-state index contributed by atoms with van der Waals surface area (Å²) in [6.45, 7) is 1.94. The van der Waals surface area contributed by atoms with Crippen molar-refractivity contribution in [3.8, 4) is 11.4 Å². The molecule has 0 radical (unpaired) electrons. The Balaban J connectivity index is 1.78. The van der Waals surface area contributed by atoms with Gasteiger partial charge in [0.05, 0.1) is 25.2 Å². The molecule has 0 fully saturated rings. The van der Waals surface area contributed by atoms with E-state index in [0.29, 0.717) is 10.9 Å². The predicted octanol–water partition coefficient (Wildman–Crippen LogP) is 2.90. The van der Waals surface area contributed by atoms with Gasteiger partial charge < -0.3 is 13.9 Å². The van der Waals surface area contributed by atoms with Gasteiger partial charge in [-0.05, 0) is 53.7 Å². The molecule has 1 unspecified atom stereocenters. The highest BCUT2D eigenvalue weighted by atomic mass is 32.2. The summed E-state index contributed by atoms with van der Waals surface area (Å²) in [5.41, 5.74) is 0.815. The third-order valence-corrected chi connectivity index (χ3v) is 4.51. The van der Waals surface area contributed by atoms with E-state index in [-0.39, 0.29) is 11.0 Å². The number of carbonyl (C=O) groups is 1. The number of rotatable bonds is 6. The van der Waals surface area contributed by atoms with Gasteiger partial charge in [0, 0.05) is 0 Å². The molecule has 0 aliphatic heterocycles. The molecule has 0 aliphatic carbocycles. The molecule has 130 valence electrons. The summed E-state index contributed by atoms with van der Waals surface area (Å²) in [6, 6.07) is 10.7. The number of furan rings is 1. The minimum Gasteiger partial charge on any atom is -0.497 e. The van der Waals surface area contributed by atoms with E-state index in [2.05, 4.69) is 20.3 Å². The molecule has 1 aromatic carbocycles. The molecule has 9 heteroatoms. The van der Waals surface area contributed by atoms with Crippen LogP contribution in [0.25, 0.3) is 5.69 Å². The van der Waals surface area contributed by atoms with Gasteiger partial charge in [-0.2, -0.15) is 4.68 Å². The van der Waals surface area contributed by atoms with E-state index >= 15 is 0 Å². The lowest BCUT2D eigenvalue weighted by Crippen LogP contribution is -2.00. The van der Waals surface area contributed by atoms with Crippen LogP contribution in [0.3, 0.4) is 0 Å². The first-order valence-corrected chi connectivity index (χ1v) is 8.28. The number of carbonyl (C=O) groups excluding carboxylic acids is 1. The minimum absolute atomic E-state index is 0.0959. The molecule has 0 spiro atoms. The third kappa shape index (κ3) is 3.66. The minimum atomic E-state index is -0.508. The molecule has 8 nitrogen and oxygen atoms in total. The lowest BCUT2D eigenvalue weighted by Gasteiger charge is -2.09. The second kappa shape index (κ2) is 7.39. The van der Waals surface area contributed by atoms with E-state index in [9.17, 15) is 4.79 Å². The zero-order valence-corrected chi connectivity index (χ0v) is 14.7. The Labute approximate surface area is 148 Å². The highest BCUT2D eigenvalue weighted by Gasteiger charge is 2.19. The standard InChI is InChI=1S/C16H16N4O4S/c1-10(13-8-9-14(24-13)15(21)23-3)25-16-17-18-19-20(16)11-4-6-12(22-2)7-5-11/h4-10H,1-3H3. The Hall–Kier alpha value is -2.81. The van der Waals surface area contributed by atoms with Crippen molar-refractivity contribution in [2.45, 2.75) is 17.3 Å². The van der Waals surface area contributed by atoms with E-state index in [1.54, 1.807) is 23.9 Å². The average Bonchev–Trinajstić information content (AvgIpc) is 3.30. The van der Waals surface area contributed by atoms with E-state index < -0.39 is 5.97 Å². The second-order valence-electron chi connectivity index (χ2n) is 5.02. The van der Waals surface area contributed by atoms with E-state index in [0.717, 1.165) is 11.4 Å². The number of esters is 1. The van der Waals surface area contributed by atoms with Gasteiger partial charge in [-0.15, -0.1) is 5.10 Å². The maximum atomic E-state index is 11.5. The van der Waals surface area contributed by atoms with Gasteiger partial charge in [0.1, 0.15) is 11.5 Å². The normalized spacial score (nSPS) is 12.0. The number of ether oxygens (including phenoxy) is 2. The maximum absolute atomic E-state index is 11.5. The van der Waals surface area contributed by atoms with Gasteiger partial charge in [0.15, 0.2) is 0 Å². The molecule has 0 saturated heterocycles. The van der Waals surface area contributed by atoms with Crippen molar-refractivity contribution in [1.82, 2.24) is 20.2 Å². The molecule has 3 aromatic rings. The fraction of sp³-hybridized carbons (Fsp3) is 0.250. The summed E-state index contributed by atoms with van der Waals surface area (Å²) < 4.78 is 17.0. The molecule has 0 amide bonds. The molecule has 1 atom stereocenters. The van der Waals surface area contributed by atoms with E-state index in [4.69, 9.17) is 9.15 Å². The van der Waals surface area contributed by atoms with Crippen molar-refractivity contribution in [1.29, 1.82) is 0 Å². The Bertz CT molecular complexity index is 859. The molecule has 0 bridgehead atoms. The molecule has 0 N–H and O–H groups in total. The van der Waals surface area contributed by atoms with Crippen LogP contribution in [-0.2, 0) is 4.74 Å². The highest BCUT2D eigenvalue weighted by Crippen LogP contribution is 2.35. The van der Waals surface area contributed by atoms with E-state index in [1.807, 2.05) is 31.2 Å². The Morgan fingerprint density at radius 3 is 2.64 bits per heavy atom. The molecular formula is C16H16N4O4S. The van der Waals surface area contributed by atoms with Crippen LogP contribution in [0.15, 0.2) is 46.0 Å². The molecule has 2 aromatic heterocycles. The number of tetrazole rings is 1. The molecule has 2 heterocycles. The fourth-order valence-corrected chi connectivity index (χ4v) is 3.02. The Kier molecular flexibility index (Phi) is 5.03. The second-order valence-corrected chi connectivity index (χ2v) is 6.33. The van der Waals surface area contributed by atoms with Crippen LogP contribution in [0.4, 0.5) is 0 Å². The number of aromatic nitrogens is 4. The largest absolute Gasteiger partial charge is 0.497 e. The van der Waals surface area contributed by atoms with Crippen LogP contribution < -0.4 is 4.74 Å². The van der Waals surface area contributed by atoms with Crippen LogP contribution in [0.1, 0.15) is 28.5 Å². The monoisotopic (exact) mass is 360 g/mol. The first-order valence-electron chi connectivity index (χ1n) is 7.40. The van der Waals surface area contributed by atoms with Gasteiger partial charge in [0.2, 0.25) is 10.9 Å². The van der Waals surface area contributed by atoms with E-state index in [1.165, 1.54) is 18.9 Å². The van der Waals surface area contributed by atoms with Crippen molar-refractivity contribution in [3.05, 3.63) is 47.9 Å². The predicted molar refractivity (Wildman–Crippen MR) is 90.0 cm³/mol. The number of nitrogens with zero attached hydrogens (tertiary/aromatic N) is 4. The summed E-state index contributed by atoms with van der Waals surface area (Å²) in [4.78, 5) is 11.5. The first-order chi connectivity index (χ1) is 12.1. The van der Waals surface area contributed by atoms with Crippen molar-refractivity contribution < 1.29 is 18.7 Å². The highest BCUT2D eigenvalue weighted by molar-refractivity contribution is 7.99. The summed E-state index contributed by atoms with van der Waals surface area (Å²) >= 11 is 1.42. The number of benzene rings is 1. The van der Waals surface area contributed by atoms with Gasteiger partial charge in [-0.1, -0.05) is 11.8 Å². The molecule has 0 saturated carbocycles. The van der Waals surface area contributed by atoms with Gasteiger partial charge in [-0.25, -0.2) is 4.79 Å². The smallest absolute Gasteiger partial charge is 0.373 e. The molecule has 3 rings (SSSR count). The third-order valence-electron chi connectivity index (χ3n) is 3.45. The van der Waals surface area contributed by atoms with Crippen molar-refractivity contribution in [2.24, 2.45) is 0 Å². The molecule has 25 heavy (non-hydrogen) atoms. The SMILES string of the molecule is COC(=O)c1ccc(C(C)Sc2nnnn2-c2ccc(OC)cc2)o1. The van der Waals surface area contributed by atoms with Crippen LogP contribution in [0.2, 0.25) is 0 Å². The summed E-state index contributed by atoms with van der Waals surface area (Å²) in [5.74, 6) is 1.05. The first kappa shape index (κ1) is 17.0. The number of thioether (sulfide) groups is 1. The van der Waals surface area contributed by atoms with Gasteiger partial charge >= 0.3 is 5.97 Å². The van der Waals surface area contributed by atoms with Gasteiger partial charge in [-0.3, -0.25) is 0 Å². The summed E-state index contributed by atoms with van der Waals surface area (Å²) in [7, 11) is 2.92. The van der Waals surface area contributed by atoms with Crippen molar-refractivity contribution in [3.63, 3.8) is 0 Å². The Morgan fingerprint density at radius 1 is 1.20 bits per heavy atom. The lowest BCUT2D eigenvalue weighted by molar-refractivity contribution is 0.0563. The quantitative estimate of drug-likeness (QED) is 0.489. The van der Waals surface area contributed by atoms with Crippen molar-refractivity contribution >= 4 is 17.7 Å². The summed E-state index contributed by atoms with van der Waals surface area (Å²) in [6.07, 6.45) is 0. The number of hydrogen-bond donors (Lipinski definition) is 0. The summed E-state index contributed by atoms with van der Waals surface area (Å²) in [5, 5.41) is 12.3. The van der Waals surface area contributed by atoms with Crippen molar-refractivity contribution in [2.75, 3.05) is 14.2 Å². The fourth-order valence-electron chi connectivity index (χ4n) is 2.14. The van der Waals surface area contributed by atoms with Gasteiger partial charge in [0.25, 0.3) is 0 Å².